The van der Waals surface area contributed by atoms with Crippen LogP contribution in [0.3, 0.4) is 0 Å². The molecule has 2 aromatic carbocycles. The second kappa shape index (κ2) is 6.48. The van der Waals surface area contributed by atoms with E-state index in [1.165, 1.54) is 28.8 Å². The molecule has 3 nitrogen and oxygen atoms in total. The Morgan fingerprint density at radius 3 is 2.88 bits per heavy atom. The Hall–Kier alpha value is -2.00. The molecule has 3 heteroatoms. The summed E-state index contributed by atoms with van der Waals surface area (Å²) in [5.41, 5.74) is 5.13. The van der Waals surface area contributed by atoms with Gasteiger partial charge in [-0.15, -0.1) is 0 Å². The lowest BCUT2D eigenvalue weighted by atomic mass is 9.77. The van der Waals surface area contributed by atoms with Crippen molar-refractivity contribution in [2.24, 2.45) is 5.92 Å². The molecule has 3 atom stereocenters. The van der Waals surface area contributed by atoms with Crippen LogP contribution in [0.5, 0.6) is 5.75 Å². The fourth-order valence-corrected chi connectivity index (χ4v) is 4.17. The maximum atomic E-state index is 6.25. The van der Waals surface area contributed by atoms with Crippen molar-refractivity contribution in [3.63, 3.8) is 0 Å². The van der Waals surface area contributed by atoms with Crippen LogP contribution in [0.25, 0.3) is 0 Å². The highest BCUT2D eigenvalue weighted by atomic mass is 16.5. The number of benzene rings is 2. The quantitative estimate of drug-likeness (QED) is 0.872. The maximum Gasteiger partial charge on any atom is 0.124 e. The van der Waals surface area contributed by atoms with Gasteiger partial charge in [0.05, 0.1) is 19.3 Å². The van der Waals surface area contributed by atoms with Crippen LogP contribution in [-0.4, -0.2) is 13.7 Å². The van der Waals surface area contributed by atoms with Gasteiger partial charge in [0.2, 0.25) is 0 Å². The molecular formula is C21H25NO2. The number of nitrogens with one attached hydrogen (secondary N) is 1. The van der Waals surface area contributed by atoms with E-state index < -0.39 is 0 Å². The zero-order valence-electron chi connectivity index (χ0n) is 14.4. The third-order valence-electron chi connectivity index (χ3n) is 5.41. The average Bonchev–Trinajstić information content (AvgIpc) is 2.67. The lowest BCUT2D eigenvalue weighted by Crippen LogP contribution is -2.36. The number of ether oxygens (including phenoxy) is 2. The first-order valence-electron chi connectivity index (χ1n) is 8.95. The molecule has 1 unspecified atom stereocenters. The number of anilines is 1. The Morgan fingerprint density at radius 1 is 1.17 bits per heavy atom. The molecule has 2 aromatic rings. The Labute approximate surface area is 144 Å². The molecule has 2 heterocycles. The standard InChI is InChI=1S/C21H25NO2/c1-3-14-10-11-18-17(13-14)21-16(8-6-12-24-21)20(22-18)15-7-4-5-9-19(15)23-2/h4-5,7,9-11,13,16,20-22H,3,6,8,12H2,1-2H3/t16-,20?,21-/m0/s1. The number of aryl methyl sites for hydroxylation is 1. The van der Waals surface area contributed by atoms with Gasteiger partial charge in [-0.05, 0) is 37.0 Å². The minimum atomic E-state index is 0.177. The lowest BCUT2D eigenvalue weighted by molar-refractivity contribution is -0.0383. The van der Waals surface area contributed by atoms with E-state index in [1.807, 2.05) is 12.1 Å². The van der Waals surface area contributed by atoms with Crippen LogP contribution in [0.4, 0.5) is 5.69 Å². The summed E-state index contributed by atoms with van der Waals surface area (Å²) in [6.45, 7) is 3.06. The predicted molar refractivity (Wildman–Crippen MR) is 96.6 cm³/mol. The Bertz CT molecular complexity index is 728. The lowest BCUT2D eigenvalue weighted by Gasteiger charge is -2.43. The minimum absolute atomic E-state index is 0.177. The molecule has 1 fully saturated rings. The van der Waals surface area contributed by atoms with Crippen LogP contribution in [0.15, 0.2) is 42.5 Å². The summed E-state index contributed by atoms with van der Waals surface area (Å²) in [7, 11) is 1.75. The van der Waals surface area contributed by atoms with E-state index in [1.54, 1.807) is 7.11 Å². The molecule has 0 spiro atoms. The fraction of sp³-hybridized carbons (Fsp3) is 0.429. The van der Waals surface area contributed by atoms with Crippen LogP contribution in [0.1, 0.15) is 48.6 Å². The van der Waals surface area contributed by atoms with E-state index >= 15 is 0 Å². The number of methoxy groups -OCH3 is 1. The molecule has 0 saturated carbocycles. The largest absolute Gasteiger partial charge is 0.496 e. The highest BCUT2D eigenvalue weighted by molar-refractivity contribution is 5.59. The highest BCUT2D eigenvalue weighted by Crippen LogP contribution is 2.50. The highest BCUT2D eigenvalue weighted by Gasteiger charge is 2.40. The monoisotopic (exact) mass is 323 g/mol. The molecule has 24 heavy (non-hydrogen) atoms. The topological polar surface area (TPSA) is 30.5 Å². The molecule has 0 amide bonds. The molecule has 1 saturated heterocycles. The second-order valence-electron chi connectivity index (χ2n) is 6.74. The average molecular weight is 323 g/mol. The zero-order chi connectivity index (χ0) is 16.5. The van der Waals surface area contributed by atoms with Gasteiger partial charge in [-0.2, -0.15) is 0 Å². The molecule has 0 aromatic heterocycles. The normalized spacial score (nSPS) is 25.3. The van der Waals surface area contributed by atoms with Crippen LogP contribution in [0.2, 0.25) is 0 Å². The van der Waals surface area contributed by atoms with Crippen molar-refractivity contribution in [1.29, 1.82) is 0 Å². The minimum Gasteiger partial charge on any atom is -0.496 e. The third-order valence-corrected chi connectivity index (χ3v) is 5.41. The van der Waals surface area contributed by atoms with Crippen LogP contribution in [-0.2, 0) is 11.2 Å². The molecular weight excluding hydrogens is 298 g/mol. The van der Waals surface area contributed by atoms with Crippen molar-refractivity contribution in [1.82, 2.24) is 0 Å². The van der Waals surface area contributed by atoms with Crippen molar-refractivity contribution in [2.75, 3.05) is 19.0 Å². The van der Waals surface area contributed by atoms with Gasteiger partial charge in [-0.25, -0.2) is 0 Å². The number of para-hydroxylation sites is 1. The number of hydrogen-bond acceptors (Lipinski definition) is 3. The number of fused-ring (bicyclic) bond motifs is 3. The Morgan fingerprint density at radius 2 is 2.04 bits per heavy atom. The van der Waals surface area contributed by atoms with Gasteiger partial charge in [0.1, 0.15) is 5.75 Å². The summed E-state index contributed by atoms with van der Waals surface area (Å²) in [6, 6.07) is 15.3. The number of hydrogen-bond donors (Lipinski definition) is 1. The second-order valence-corrected chi connectivity index (χ2v) is 6.74. The summed E-state index contributed by atoms with van der Waals surface area (Å²) < 4.78 is 11.9. The van der Waals surface area contributed by atoms with Gasteiger partial charge in [-0.1, -0.05) is 37.3 Å². The number of rotatable bonds is 3. The van der Waals surface area contributed by atoms with Crippen LogP contribution >= 0.6 is 0 Å². The predicted octanol–water partition coefficient (Wildman–Crippen LogP) is 4.89. The van der Waals surface area contributed by atoms with Gasteiger partial charge in [-0.3, -0.25) is 0 Å². The van der Waals surface area contributed by atoms with Crippen molar-refractivity contribution in [3.8, 4) is 5.75 Å². The molecule has 0 bridgehead atoms. The first kappa shape index (κ1) is 15.5. The molecule has 1 N–H and O–H groups in total. The van der Waals surface area contributed by atoms with E-state index in [4.69, 9.17) is 9.47 Å². The fourth-order valence-electron chi connectivity index (χ4n) is 4.17. The zero-order valence-corrected chi connectivity index (χ0v) is 14.4. The van der Waals surface area contributed by atoms with Crippen molar-refractivity contribution < 1.29 is 9.47 Å². The first-order valence-corrected chi connectivity index (χ1v) is 8.95. The van der Waals surface area contributed by atoms with E-state index in [9.17, 15) is 0 Å². The van der Waals surface area contributed by atoms with Gasteiger partial charge in [0.25, 0.3) is 0 Å². The SMILES string of the molecule is CCc1ccc2c(c1)[C@H]1OCCC[C@H]1C(c1ccccc1OC)N2. The Kier molecular flexibility index (Phi) is 4.19. The van der Waals surface area contributed by atoms with Crippen LogP contribution in [0, 0.1) is 5.92 Å². The third kappa shape index (κ3) is 2.57. The molecule has 126 valence electrons. The molecule has 0 aliphatic carbocycles. The maximum absolute atomic E-state index is 6.25. The summed E-state index contributed by atoms with van der Waals surface area (Å²) in [5, 5.41) is 3.78. The van der Waals surface area contributed by atoms with E-state index in [0.717, 1.165) is 25.2 Å². The van der Waals surface area contributed by atoms with Crippen LogP contribution < -0.4 is 10.1 Å². The van der Waals surface area contributed by atoms with Gasteiger partial charge in [0.15, 0.2) is 0 Å². The summed E-state index contributed by atoms with van der Waals surface area (Å²) >= 11 is 0. The van der Waals surface area contributed by atoms with Crippen molar-refractivity contribution >= 4 is 5.69 Å². The molecule has 4 rings (SSSR count). The van der Waals surface area contributed by atoms with E-state index in [-0.39, 0.29) is 12.1 Å². The summed E-state index contributed by atoms with van der Waals surface area (Å²) in [6.07, 6.45) is 3.53. The molecule has 2 aliphatic rings. The van der Waals surface area contributed by atoms with Gasteiger partial charge >= 0.3 is 0 Å². The first-order chi connectivity index (χ1) is 11.8. The Balaban J connectivity index is 1.79. The molecule has 2 aliphatic heterocycles. The van der Waals surface area contributed by atoms with Gasteiger partial charge < -0.3 is 14.8 Å². The van der Waals surface area contributed by atoms with Gasteiger partial charge in [0, 0.05) is 29.3 Å². The van der Waals surface area contributed by atoms with Crippen molar-refractivity contribution in [3.05, 3.63) is 59.2 Å². The van der Waals surface area contributed by atoms with E-state index in [2.05, 4.69) is 42.6 Å². The summed E-state index contributed by atoms with van der Waals surface area (Å²) in [5.74, 6) is 1.39. The summed E-state index contributed by atoms with van der Waals surface area (Å²) in [4.78, 5) is 0. The molecule has 0 radical (unpaired) electrons. The smallest absolute Gasteiger partial charge is 0.124 e. The van der Waals surface area contributed by atoms with E-state index in [0.29, 0.717) is 5.92 Å². The van der Waals surface area contributed by atoms with Crippen molar-refractivity contribution in [2.45, 2.75) is 38.3 Å².